The Labute approximate surface area is 120 Å². The Bertz CT molecular complexity index is 494. The van der Waals surface area contributed by atoms with E-state index in [0.717, 1.165) is 17.5 Å². The van der Waals surface area contributed by atoms with Gasteiger partial charge < -0.3 is 5.11 Å². The van der Waals surface area contributed by atoms with Crippen LogP contribution in [0.2, 0.25) is 0 Å². The number of hydrogen-bond donors (Lipinski definition) is 1. The Balaban J connectivity index is 2.46. The van der Waals surface area contributed by atoms with Crippen molar-refractivity contribution < 1.29 is 9.90 Å². The van der Waals surface area contributed by atoms with Gasteiger partial charge in [0.15, 0.2) is 0 Å². The fourth-order valence-electron chi connectivity index (χ4n) is 2.72. The van der Waals surface area contributed by atoms with Crippen molar-refractivity contribution >= 4 is 5.97 Å². The summed E-state index contributed by atoms with van der Waals surface area (Å²) in [5.41, 5.74) is 2.14. The van der Waals surface area contributed by atoms with E-state index >= 15 is 0 Å². The van der Waals surface area contributed by atoms with Crippen LogP contribution in [0.5, 0.6) is 0 Å². The van der Waals surface area contributed by atoms with Crippen molar-refractivity contribution in [3.8, 4) is 0 Å². The van der Waals surface area contributed by atoms with Gasteiger partial charge in [-0.25, -0.2) is 0 Å². The lowest BCUT2D eigenvalue weighted by molar-refractivity contribution is -0.142. The molecule has 0 amide bonds. The monoisotopic (exact) mass is 268 g/mol. The predicted octanol–water partition coefficient (Wildman–Crippen LogP) is 4.32. The highest BCUT2D eigenvalue weighted by Crippen LogP contribution is 2.34. The lowest BCUT2D eigenvalue weighted by atomic mass is 9.78. The first-order valence-electron chi connectivity index (χ1n) is 7.06. The van der Waals surface area contributed by atoms with E-state index in [9.17, 15) is 9.90 Å². The molecule has 0 aromatic heterocycles. The molecule has 0 fully saturated rings. The summed E-state index contributed by atoms with van der Waals surface area (Å²) in [6.45, 7) is 2.03. The summed E-state index contributed by atoms with van der Waals surface area (Å²) in [5.74, 6) is -1.19. The molecular weight excluding hydrogens is 248 g/mol. The van der Waals surface area contributed by atoms with E-state index in [0.29, 0.717) is 6.42 Å². The molecule has 1 unspecified atom stereocenters. The highest BCUT2D eigenvalue weighted by molar-refractivity contribution is 5.72. The molecule has 0 bridgehead atoms. The van der Waals surface area contributed by atoms with Crippen LogP contribution < -0.4 is 0 Å². The van der Waals surface area contributed by atoms with Gasteiger partial charge in [0.1, 0.15) is 0 Å². The molecule has 20 heavy (non-hydrogen) atoms. The third-order valence-electron chi connectivity index (χ3n) is 3.64. The van der Waals surface area contributed by atoms with Crippen LogP contribution in [0.3, 0.4) is 0 Å². The molecule has 0 aliphatic carbocycles. The summed E-state index contributed by atoms with van der Waals surface area (Å²) in [6, 6.07) is 19.9. The van der Waals surface area contributed by atoms with Gasteiger partial charge in [0.2, 0.25) is 0 Å². The van der Waals surface area contributed by atoms with Crippen molar-refractivity contribution in [1.82, 2.24) is 0 Å². The number of aliphatic carboxylic acids is 1. The average Bonchev–Trinajstić information content (AvgIpc) is 2.49. The zero-order valence-electron chi connectivity index (χ0n) is 11.7. The Hall–Kier alpha value is -2.09. The molecule has 0 spiro atoms. The van der Waals surface area contributed by atoms with Crippen LogP contribution in [0.4, 0.5) is 0 Å². The van der Waals surface area contributed by atoms with E-state index in [2.05, 4.69) is 0 Å². The fraction of sp³-hybridized carbons (Fsp3) is 0.278. The molecule has 104 valence electrons. The average molecular weight is 268 g/mol. The Kier molecular flexibility index (Phi) is 4.94. The molecule has 1 N–H and O–H groups in total. The SMILES string of the molecule is CCCC(C(=O)O)C(c1ccccc1)c1ccccc1. The van der Waals surface area contributed by atoms with E-state index in [1.165, 1.54) is 0 Å². The van der Waals surface area contributed by atoms with Crippen LogP contribution in [0.25, 0.3) is 0 Å². The number of benzene rings is 2. The van der Waals surface area contributed by atoms with E-state index < -0.39 is 5.97 Å². The molecule has 0 saturated carbocycles. The zero-order valence-corrected chi connectivity index (χ0v) is 11.7. The third kappa shape index (κ3) is 3.27. The second-order valence-electron chi connectivity index (χ2n) is 5.03. The molecule has 0 radical (unpaired) electrons. The quantitative estimate of drug-likeness (QED) is 0.847. The Morgan fingerprint density at radius 3 is 1.75 bits per heavy atom. The summed E-state index contributed by atoms with van der Waals surface area (Å²) in [6.07, 6.45) is 1.55. The maximum atomic E-state index is 11.7. The zero-order chi connectivity index (χ0) is 14.4. The summed E-state index contributed by atoms with van der Waals surface area (Å²) in [5, 5.41) is 9.60. The summed E-state index contributed by atoms with van der Waals surface area (Å²) in [4.78, 5) is 11.7. The van der Waals surface area contributed by atoms with Crippen LogP contribution >= 0.6 is 0 Å². The molecule has 2 aromatic carbocycles. The summed E-state index contributed by atoms with van der Waals surface area (Å²) < 4.78 is 0. The Morgan fingerprint density at radius 2 is 1.40 bits per heavy atom. The molecule has 0 heterocycles. The van der Waals surface area contributed by atoms with Gasteiger partial charge in [0.05, 0.1) is 5.92 Å². The largest absolute Gasteiger partial charge is 0.481 e. The van der Waals surface area contributed by atoms with Crippen LogP contribution in [-0.2, 0) is 4.79 Å². The maximum absolute atomic E-state index is 11.7. The summed E-state index contributed by atoms with van der Waals surface area (Å²) in [7, 11) is 0. The van der Waals surface area contributed by atoms with Crippen LogP contribution in [0.15, 0.2) is 60.7 Å². The minimum absolute atomic E-state index is 0.0881. The molecule has 2 heteroatoms. The van der Waals surface area contributed by atoms with Crippen molar-refractivity contribution in [2.24, 2.45) is 5.92 Å². The number of rotatable bonds is 6. The standard InChI is InChI=1S/C18H20O2/c1-2-9-16(18(19)20)17(14-10-5-3-6-11-14)15-12-7-4-8-13-15/h3-8,10-13,16-17H,2,9H2,1H3,(H,19,20). The van der Waals surface area contributed by atoms with E-state index in [1.54, 1.807) is 0 Å². The first kappa shape index (κ1) is 14.3. The normalized spacial score (nSPS) is 12.3. The van der Waals surface area contributed by atoms with Crippen molar-refractivity contribution in [2.75, 3.05) is 0 Å². The van der Waals surface area contributed by atoms with Gasteiger partial charge in [-0.05, 0) is 17.5 Å². The van der Waals surface area contributed by atoms with E-state index in [1.807, 2.05) is 67.6 Å². The van der Waals surface area contributed by atoms with Crippen molar-refractivity contribution in [2.45, 2.75) is 25.7 Å². The second-order valence-corrected chi connectivity index (χ2v) is 5.03. The van der Waals surface area contributed by atoms with Crippen LogP contribution in [0.1, 0.15) is 36.8 Å². The van der Waals surface area contributed by atoms with Crippen molar-refractivity contribution in [3.05, 3.63) is 71.8 Å². The van der Waals surface area contributed by atoms with Crippen LogP contribution in [0, 0.1) is 5.92 Å². The molecule has 0 aliphatic heterocycles. The number of carboxylic acid groups (broad SMARTS) is 1. The molecule has 1 atom stereocenters. The molecule has 2 aromatic rings. The highest BCUT2D eigenvalue weighted by atomic mass is 16.4. The minimum Gasteiger partial charge on any atom is -0.481 e. The molecule has 0 saturated heterocycles. The van der Waals surface area contributed by atoms with Gasteiger partial charge in [-0.1, -0.05) is 74.0 Å². The van der Waals surface area contributed by atoms with Gasteiger partial charge >= 0.3 is 5.97 Å². The van der Waals surface area contributed by atoms with Gasteiger partial charge in [-0.3, -0.25) is 4.79 Å². The van der Waals surface area contributed by atoms with Gasteiger partial charge in [-0.2, -0.15) is 0 Å². The van der Waals surface area contributed by atoms with Crippen molar-refractivity contribution in [3.63, 3.8) is 0 Å². The first-order chi connectivity index (χ1) is 9.74. The lowest BCUT2D eigenvalue weighted by Gasteiger charge is -2.24. The molecule has 2 nitrogen and oxygen atoms in total. The van der Waals surface area contributed by atoms with E-state index in [4.69, 9.17) is 0 Å². The fourth-order valence-corrected chi connectivity index (χ4v) is 2.72. The van der Waals surface area contributed by atoms with E-state index in [-0.39, 0.29) is 11.8 Å². The summed E-state index contributed by atoms with van der Waals surface area (Å²) >= 11 is 0. The van der Waals surface area contributed by atoms with Crippen LogP contribution in [-0.4, -0.2) is 11.1 Å². The highest BCUT2D eigenvalue weighted by Gasteiger charge is 2.29. The smallest absolute Gasteiger partial charge is 0.307 e. The van der Waals surface area contributed by atoms with Gasteiger partial charge in [0, 0.05) is 5.92 Å². The lowest BCUT2D eigenvalue weighted by Crippen LogP contribution is -2.23. The Morgan fingerprint density at radius 1 is 0.950 bits per heavy atom. The molecular formula is C18H20O2. The van der Waals surface area contributed by atoms with Gasteiger partial charge in [0.25, 0.3) is 0 Å². The van der Waals surface area contributed by atoms with Crippen molar-refractivity contribution in [1.29, 1.82) is 0 Å². The first-order valence-corrected chi connectivity index (χ1v) is 7.06. The minimum atomic E-state index is -0.718. The number of hydrogen-bond acceptors (Lipinski definition) is 1. The predicted molar refractivity (Wildman–Crippen MR) is 80.8 cm³/mol. The topological polar surface area (TPSA) is 37.3 Å². The maximum Gasteiger partial charge on any atom is 0.307 e. The molecule has 2 rings (SSSR count). The third-order valence-corrected chi connectivity index (χ3v) is 3.64. The second kappa shape index (κ2) is 6.90. The molecule has 0 aliphatic rings. The number of carbonyl (C=O) groups is 1. The van der Waals surface area contributed by atoms with Gasteiger partial charge in [-0.15, -0.1) is 0 Å². The number of carboxylic acids is 1.